The number of fused-ring (bicyclic) bond motifs is 1. The van der Waals surface area contributed by atoms with Crippen LogP contribution in [0, 0.1) is 0 Å². The second-order valence-electron chi connectivity index (χ2n) is 4.47. The molecule has 108 valence electrons. The summed E-state index contributed by atoms with van der Waals surface area (Å²) in [6.07, 6.45) is 0. The van der Waals surface area contributed by atoms with Gasteiger partial charge in [-0.2, -0.15) is 0 Å². The first-order valence-electron chi connectivity index (χ1n) is 6.19. The molecule has 0 aliphatic rings. The molecule has 0 amide bonds. The van der Waals surface area contributed by atoms with Gasteiger partial charge in [-0.25, -0.2) is 4.98 Å². The van der Waals surface area contributed by atoms with Gasteiger partial charge in [-0.15, -0.1) is 0 Å². The lowest BCUT2D eigenvalue weighted by Gasteiger charge is -2.06. The van der Waals surface area contributed by atoms with Crippen LogP contribution < -0.4 is 9.47 Å². The highest BCUT2D eigenvalue weighted by atomic mass is 79.9. The highest BCUT2D eigenvalue weighted by molar-refractivity contribution is 9.11. The van der Waals surface area contributed by atoms with Crippen LogP contribution in [0.5, 0.6) is 11.5 Å². The van der Waals surface area contributed by atoms with Gasteiger partial charge in [0.2, 0.25) is 0 Å². The van der Waals surface area contributed by atoms with Crippen LogP contribution in [0.4, 0.5) is 0 Å². The van der Waals surface area contributed by atoms with Crippen LogP contribution in [0.3, 0.4) is 0 Å². The van der Waals surface area contributed by atoms with Crippen LogP contribution in [0.1, 0.15) is 0 Å². The van der Waals surface area contributed by atoms with Crippen molar-refractivity contribution in [2.45, 2.75) is 0 Å². The summed E-state index contributed by atoms with van der Waals surface area (Å²) >= 11 is 7.00. The smallest absolute Gasteiger partial charge is 0.138 e. The van der Waals surface area contributed by atoms with Gasteiger partial charge in [0.15, 0.2) is 0 Å². The first-order valence-corrected chi connectivity index (χ1v) is 7.77. The molecule has 2 aromatic carbocycles. The van der Waals surface area contributed by atoms with E-state index in [1.165, 1.54) is 0 Å². The molecule has 1 N–H and O–H groups in total. The quantitative estimate of drug-likeness (QED) is 0.675. The molecule has 3 aromatic rings. The number of nitrogens with one attached hydrogen (secondary N) is 1. The van der Waals surface area contributed by atoms with Crippen LogP contribution in [-0.2, 0) is 0 Å². The summed E-state index contributed by atoms with van der Waals surface area (Å²) in [5.41, 5.74) is 2.74. The Hall–Kier alpha value is -1.53. The minimum atomic E-state index is 0.727. The number of nitrogens with zero attached hydrogens (tertiary/aromatic N) is 1. The fraction of sp³-hybridized carbons (Fsp3) is 0.133. The Balaban J connectivity index is 2.18. The first-order chi connectivity index (χ1) is 10.1. The van der Waals surface area contributed by atoms with Gasteiger partial charge in [-0.3, -0.25) is 0 Å². The van der Waals surface area contributed by atoms with Crippen molar-refractivity contribution in [1.29, 1.82) is 0 Å². The number of aromatic amines is 1. The maximum atomic E-state index is 5.30. The fourth-order valence-electron chi connectivity index (χ4n) is 2.12. The third kappa shape index (κ3) is 2.78. The van der Waals surface area contributed by atoms with Crippen molar-refractivity contribution in [3.8, 4) is 22.9 Å². The number of benzene rings is 2. The predicted octanol–water partition coefficient (Wildman–Crippen LogP) is 4.77. The summed E-state index contributed by atoms with van der Waals surface area (Å²) in [6, 6.07) is 9.64. The number of H-pyrrole nitrogens is 1. The van der Waals surface area contributed by atoms with Gasteiger partial charge >= 0.3 is 0 Å². The Labute approximate surface area is 138 Å². The lowest BCUT2D eigenvalue weighted by Crippen LogP contribution is -1.89. The Morgan fingerprint density at radius 3 is 2.24 bits per heavy atom. The van der Waals surface area contributed by atoms with E-state index in [4.69, 9.17) is 9.47 Å². The molecule has 0 atom stereocenters. The molecule has 21 heavy (non-hydrogen) atoms. The number of hydrogen-bond acceptors (Lipinski definition) is 3. The van der Waals surface area contributed by atoms with Crippen LogP contribution >= 0.6 is 31.9 Å². The van der Waals surface area contributed by atoms with Crippen molar-refractivity contribution >= 4 is 42.9 Å². The molecule has 4 nitrogen and oxygen atoms in total. The zero-order valence-electron chi connectivity index (χ0n) is 11.4. The molecule has 0 fully saturated rings. The summed E-state index contributed by atoms with van der Waals surface area (Å²) in [5.74, 6) is 2.22. The van der Waals surface area contributed by atoms with E-state index in [9.17, 15) is 0 Å². The Kier molecular flexibility index (Phi) is 3.91. The van der Waals surface area contributed by atoms with Gasteiger partial charge in [0.25, 0.3) is 0 Å². The van der Waals surface area contributed by atoms with Crippen molar-refractivity contribution in [3.63, 3.8) is 0 Å². The van der Waals surface area contributed by atoms with E-state index < -0.39 is 0 Å². The van der Waals surface area contributed by atoms with Crippen molar-refractivity contribution in [2.24, 2.45) is 0 Å². The van der Waals surface area contributed by atoms with Gasteiger partial charge in [-0.05, 0) is 40.2 Å². The number of ether oxygens (including phenoxy) is 2. The Morgan fingerprint density at radius 1 is 0.952 bits per heavy atom. The number of halogens is 2. The van der Waals surface area contributed by atoms with Crippen molar-refractivity contribution in [2.75, 3.05) is 14.2 Å². The van der Waals surface area contributed by atoms with E-state index in [0.29, 0.717) is 0 Å². The average molecular weight is 412 g/mol. The molecule has 0 saturated heterocycles. The monoisotopic (exact) mass is 410 g/mol. The Morgan fingerprint density at radius 2 is 1.62 bits per heavy atom. The lowest BCUT2D eigenvalue weighted by molar-refractivity contribution is 0.394. The normalized spacial score (nSPS) is 10.9. The highest BCUT2D eigenvalue weighted by Crippen LogP contribution is 2.32. The third-order valence-electron chi connectivity index (χ3n) is 3.13. The topological polar surface area (TPSA) is 47.1 Å². The molecular formula is C15H12Br2N2O2. The SMILES string of the molecule is COc1cc(OC)cc(-c2nc3c(Br)cc(Br)cc3[nH]2)c1. The number of rotatable bonds is 3. The molecule has 0 spiro atoms. The predicted molar refractivity (Wildman–Crippen MR) is 90.0 cm³/mol. The number of hydrogen-bond donors (Lipinski definition) is 1. The molecule has 0 saturated carbocycles. The minimum absolute atomic E-state index is 0.727. The van der Waals surface area contributed by atoms with Crippen LogP contribution in [0.15, 0.2) is 39.3 Å². The van der Waals surface area contributed by atoms with Crippen LogP contribution in [0.25, 0.3) is 22.4 Å². The van der Waals surface area contributed by atoms with E-state index >= 15 is 0 Å². The average Bonchev–Trinajstić information content (AvgIpc) is 2.91. The minimum Gasteiger partial charge on any atom is -0.497 e. The molecule has 0 radical (unpaired) electrons. The molecule has 1 aromatic heterocycles. The maximum Gasteiger partial charge on any atom is 0.138 e. The summed E-state index contributed by atoms with van der Waals surface area (Å²) < 4.78 is 12.5. The second-order valence-corrected chi connectivity index (χ2v) is 6.24. The molecular weight excluding hydrogens is 400 g/mol. The molecule has 0 unspecified atom stereocenters. The van der Waals surface area contributed by atoms with E-state index in [0.717, 1.165) is 42.9 Å². The van der Waals surface area contributed by atoms with Gasteiger partial charge in [0.05, 0.1) is 19.7 Å². The second kappa shape index (κ2) is 5.69. The molecule has 0 bridgehead atoms. The molecule has 6 heteroatoms. The van der Waals surface area contributed by atoms with Crippen molar-refractivity contribution in [3.05, 3.63) is 39.3 Å². The summed E-state index contributed by atoms with van der Waals surface area (Å²) in [7, 11) is 3.26. The molecule has 1 heterocycles. The zero-order chi connectivity index (χ0) is 15.0. The molecule has 0 aliphatic carbocycles. The summed E-state index contributed by atoms with van der Waals surface area (Å²) in [5, 5.41) is 0. The highest BCUT2D eigenvalue weighted by Gasteiger charge is 2.11. The molecule has 0 aliphatic heterocycles. The maximum absolute atomic E-state index is 5.30. The first kappa shape index (κ1) is 14.4. The van der Waals surface area contributed by atoms with Gasteiger partial charge in [-0.1, -0.05) is 15.9 Å². The number of imidazole rings is 1. The van der Waals surface area contributed by atoms with Crippen LogP contribution in [-0.4, -0.2) is 24.2 Å². The van der Waals surface area contributed by atoms with Crippen molar-refractivity contribution < 1.29 is 9.47 Å². The van der Waals surface area contributed by atoms with E-state index in [-0.39, 0.29) is 0 Å². The van der Waals surface area contributed by atoms with Crippen LogP contribution in [0.2, 0.25) is 0 Å². The van der Waals surface area contributed by atoms with E-state index in [1.807, 2.05) is 30.3 Å². The van der Waals surface area contributed by atoms with Gasteiger partial charge in [0.1, 0.15) is 22.8 Å². The zero-order valence-corrected chi connectivity index (χ0v) is 14.6. The third-order valence-corrected chi connectivity index (χ3v) is 4.19. The fourth-order valence-corrected chi connectivity index (χ4v) is 3.44. The lowest BCUT2D eigenvalue weighted by atomic mass is 10.2. The van der Waals surface area contributed by atoms with Gasteiger partial charge < -0.3 is 14.5 Å². The van der Waals surface area contributed by atoms with Gasteiger partial charge in [0, 0.05) is 20.6 Å². The van der Waals surface area contributed by atoms with E-state index in [2.05, 4.69) is 41.8 Å². The number of methoxy groups -OCH3 is 2. The standard InChI is InChI=1S/C15H12Br2N2O2/c1-20-10-3-8(4-11(7-10)21-2)15-18-13-6-9(16)5-12(17)14(13)19-15/h3-7H,1-2H3,(H,18,19). The van der Waals surface area contributed by atoms with Crippen molar-refractivity contribution in [1.82, 2.24) is 9.97 Å². The molecule has 3 rings (SSSR count). The number of aromatic nitrogens is 2. The largest absolute Gasteiger partial charge is 0.497 e. The van der Waals surface area contributed by atoms with E-state index in [1.54, 1.807) is 14.2 Å². The Bertz CT molecular complexity index is 793. The summed E-state index contributed by atoms with van der Waals surface area (Å²) in [6.45, 7) is 0. The summed E-state index contributed by atoms with van der Waals surface area (Å²) in [4.78, 5) is 7.95.